The number of carbonyl (C=O) groups is 1. The van der Waals surface area contributed by atoms with Gasteiger partial charge in [0.1, 0.15) is 18.7 Å². The zero-order valence-electron chi connectivity index (χ0n) is 11.8. The van der Waals surface area contributed by atoms with E-state index in [1.165, 1.54) is 6.33 Å². The highest BCUT2D eigenvalue weighted by atomic mass is 16.5. The molecule has 0 bridgehead atoms. The van der Waals surface area contributed by atoms with Gasteiger partial charge in [-0.05, 0) is 20.3 Å². The fourth-order valence-electron chi connectivity index (χ4n) is 1.64. The van der Waals surface area contributed by atoms with Gasteiger partial charge >= 0.3 is 5.97 Å². The van der Waals surface area contributed by atoms with Crippen molar-refractivity contribution in [2.45, 2.75) is 27.2 Å². The van der Waals surface area contributed by atoms with E-state index in [2.05, 4.69) is 9.97 Å². The zero-order chi connectivity index (χ0) is 14.1. The van der Waals surface area contributed by atoms with Crippen molar-refractivity contribution >= 4 is 11.8 Å². The van der Waals surface area contributed by atoms with Crippen molar-refractivity contribution in [3.05, 3.63) is 12.4 Å². The molecule has 0 fully saturated rings. The molecule has 0 saturated carbocycles. The predicted molar refractivity (Wildman–Crippen MR) is 72.3 cm³/mol. The van der Waals surface area contributed by atoms with Gasteiger partial charge in [-0.2, -0.15) is 0 Å². The molecule has 1 aromatic rings. The van der Waals surface area contributed by atoms with Gasteiger partial charge in [0, 0.05) is 12.6 Å². The van der Waals surface area contributed by atoms with Crippen molar-refractivity contribution in [2.24, 2.45) is 0 Å². The van der Waals surface area contributed by atoms with Crippen LogP contribution in [0.25, 0.3) is 0 Å². The number of esters is 1. The zero-order valence-corrected chi connectivity index (χ0v) is 11.8. The summed E-state index contributed by atoms with van der Waals surface area (Å²) in [4.78, 5) is 21.6. The van der Waals surface area contributed by atoms with Gasteiger partial charge < -0.3 is 14.4 Å². The molecule has 0 aliphatic heterocycles. The number of hydrogen-bond donors (Lipinski definition) is 0. The lowest BCUT2D eigenvalue weighted by Gasteiger charge is -2.22. The maximum atomic E-state index is 11.6. The first-order chi connectivity index (χ1) is 9.21. The minimum atomic E-state index is -0.257. The van der Waals surface area contributed by atoms with Gasteiger partial charge in [0.25, 0.3) is 0 Å². The van der Waals surface area contributed by atoms with Crippen LogP contribution in [0, 0.1) is 0 Å². The van der Waals surface area contributed by atoms with Gasteiger partial charge in [-0.3, -0.25) is 4.79 Å². The summed E-state index contributed by atoms with van der Waals surface area (Å²) in [6, 6.07) is 1.73. The molecule has 6 nitrogen and oxygen atoms in total. The van der Waals surface area contributed by atoms with E-state index in [4.69, 9.17) is 9.47 Å². The van der Waals surface area contributed by atoms with Crippen LogP contribution in [-0.4, -0.2) is 42.2 Å². The largest absolute Gasteiger partial charge is 0.478 e. The summed E-state index contributed by atoms with van der Waals surface area (Å²) in [5.41, 5.74) is 0. The average molecular weight is 267 g/mol. The highest BCUT2D eigenvalue weighted by Crippen LogP contribution is 2.16. The van der Waals surface area contributed by atoms with Crippen LogP contribution in [0.2, 0.25) is 0 Å². The lowest BCUT2D eigenvalue weighted by molar-refractivity contribution is -0.141. The van der Waals surface area contributed by atoms with E-state index in [1.807, 2.05) is 18.7 Å². The van der Waals surface area contributed by atoms with Crippen molar-refractivity contribution in [3.8, 4) is 5.88 Å². The quantitative estimate of drug-likeness (QED) is 0.667. The normalized spacial score (nSPS) is 10.1. The fourth-order valence-corrected chi connectivity index (χ4v) is 1.64. The number of rotatable bonds is 8. The molecule has 19 heavy (non-hydrogen) atoms. The smallest absolute Gasteiger partial charge is 0.325 e. The van der Waals surface area contributed by atoms with Gasteiger partial charge in [0.15, 0.2) is 0 Å². The van der Waals surface area contributed by atoms with Crippen molar-refractivity contribution in [1.82, 2.24) is 9.97 Å². The second-order valence-corrected chi connectivity index (χ2v) is 3.87. The number of ether oxygens (including phenoxy) is 2. The molecular formula is C13H21N3O3. The van der Waals surface area contributed by atoms with E-state index in [0.29, 0.717) is 24.9 Å². The Hall–Kier alpha value is -1.85. The summed E-state index contributed by atoms with van der Waals surface area (Å²) in [7, 11) is 0. The van der Waals surface area contributed by atoms with Crippen molar-refractivity contribution in [2.75, 3.05) is 31.2 Å². The van der Waals surface area contributed by atoms with Gasteiger partial charge in [-0.1, -0.05) is 6.92 Å². The highest BCUT2D eigenvalue weighted by molar-refractivity contribution is 5.75. The molecule has 0 atom stereocenters. The lowest BCUT2D eigenvalue weighted by atomic mass is 10.3. The van der Waals surface area contributed by atoms with E-state index in [-0.39, 0.29) is 12.5 Å². The van der Waals surface area contributed by atoms with Crippen LogP contribution in [0.1, 0.15) is 27.2 Å². The Morgan fingerprint density at radius 2 is 2.05 bits per heavy atom. The Labute approximate surface area is 113 Å². The number of carbonyl (C=O) groups excluding carboxylic acids is 1. The van der Waals surface area contributed by atoms with Crippen molar-refractivity contribution in [3.63, 3.8) is 0 Å². The van der Waals surface area contributed by atoms with E-state index in [1.54, 1.807) is 13.0 Å². The number of anilines is 1. The van der Waals surface area contributed by atoms with Crippen molar-refractivity contribution in [1.29, 1.82) is 0 Å². The molecule has 0 radical (unpaired) electrons. The lowest BCUT2D eigenvalue weighted by Crippen LogP contribution is -2.32. The molecule has 0 N–H and O–H groups in total. The Kier molecular flexibility index (Phi) is 6.63. The molecule has 0 saturated heterocycles. The average Bonchev–Trinajstić information content (AvgIpc) is 2.39. The second kappa shape index (κ2) is 8.29. The monoisotopic (exact) mass is 267 g/mol. The topological polar surface area (TPSA) is 64.6 Å². The summed E-state index contributed by atoms with van der Waals surface area (Å²) in [6.45, 7) is 7.56. The van der Waals surface area contributed by atoms with Crippen LogP contribution < -0.4 is 9.64 Å². The molecule has 1 rings (SSSR count). The first kappa shape index (κ1) is 15.2. The Balaban J connectivity index is 2.79. The Bertz CT molecular complexity index is 398. The summed E-state index contributed by atoms with van der Waals surface area (Å²) in [6.07, 6.45) is 2.35. The summed E-state index contributed by atoms with van der Waals surface area (Å²) in [5.74, 6) is 0.929. The Morgan fingerprint density at radius 3 is 2.68 bits per heavy atom. The Morgan fingerprint density at radius 1 is 1.26 bits per heavy atom. The molecule has 0 aliphatic carbocycles. The van der Waals surface area contributed by atoms with Crippen LogP contribution in [0.15, 0.2) is 12.4 Å². The standard InChI is InChI=1S/C13H21N3O3/c1-4-7-16(9-13(17)19-6-3)11-8-12(18-5-2)15-10-14-11/h8,10H,4-7,9H2,1-3H3. The number of aromatic nitrogens is 2. The van der Waals surface area contributed by atoms with E-state index >= 15 is 0 Å². The van der Waals surface area contributed by atoms with E-state index < -0.39 is 0 Å². The first-order valence-corrected chi connectivity index (χ1v) is 6.56. The maximum absolute atomic E-state index is 11.6. The minimum Gasteiger partial charge on any atom is -0.478 e. The van der Waals surface area contributed by atoms with E-state index in [0.717, 1.165) is 13.0 Å². The third kappa shape index (κ3) is 5.11. The third-order valence-electron chi connectivity index (χ3n) is 2.36. The highest BCUT2D eigenvalue weighted by Gasteiger charge is 2.13. The summed E-state index contributed by atoms with van der Waals surface area (Å²) in [5, 5.41) is 0. The molecule has 6 heteroatoms. The van der Waals surface area contributed by atoms with Crippen molar-refractivity contribution < 1.29 is 14.3 Å². The predicted octanol–water partition coefficient (Wildman–Crippen LogP) is 1.65. The van der Waals surface area contributed by atoms with Gasteiger partial charge in [-0.15, -0.1) is 0 Å². The van der Waals surface area contributed by atoms with Gasteiger partial charge in [0.05, 0.1) is 13.2 Å². The van der Waals surface area contributed by atoms with Gasteiger partial charge in [-0.25, -0.2) is 9.97 Å². The molecule has 106 valence electrons. The fraction of sp³-hybridized carbons (Fsp3) is 0.615. The van der Waals surface area contributed by atoms with E-state index in [9.17, 15) is 4.79 Å². The molecule has 0 amide bonds. The number of hydrogen-bond acceptors (Lipinski definition) is 6. The molecule has 1 heterocycles. The van der Waals surface area contributed by atoms with Gasteiger partial charge in [0.2, 0.25) is 5.88 Å². The van der Waals surface area contributed by atoms with Crippen LogP contribution in [0.5, 0.6) is 5.88 Å². The second-order valence-electron chi connectivity index (χ2n) is 3.87. The molecular weight excluding hydrogens is 246 g/mol. The first-order valence-electron chi connectivity index (χ1n) is 6.56. The molecule has 0 aromatic carbocycles. The molecule has 0 aliphatic rings. The summed E-state index contributed by atoms with van der Waals surface area (Å²) < 4.78 is 10.3. The van der Waals surface area contributed by atoms with Crippen LogP contribution in [0.4, 0.5) is 5.82 Å². The summed E-state index contributed by atoms with van der Waals surface area (Å²) >= 11 is 0. The van der Waals surface area contributed by atoms with Crippen LogP contribution in [0.3, 0.4) is 0 Å². The molecule has 1 aromatic heterocycles. The SMILES string of the molecule is CCCN(CC(=O)OCC)c1cc(OCC)ncn1. The molecule has 0 unspecified atom stereocenters. The third-order valence-corrected chi connectivity index (χ3v) is 2.36. The number of nitrogens with zero attached hydrogens (tertiary/aromatic N) is 3. The van der Waals surface area contributed by atoms with Crippen LogP contribution >= 0.6 is 0 Å². The van der Waals surface area contributed by atoms with Crippen LogP contribution in [-0.2, 0) is 9.53 Å². The molecule has 0 spiro atoms. The maximum Gasteiger partial charge on any atom is 0.325 e. The minimum absolute atomic E-state index is 0.185.